The van der Waals surface area contributed by atoms with Crippen LogP contribution in [0, 0.1) is 17.2 Å². The smallest absolute Gasteiger partial charge is 0.127 e. The summed E-state index contributed by atoms with van der Waals surface area (Å²) in [6.07, 6.45) is 7.37. The van der Waals surface area contributed by atoms with Gasteiger partial charge in [0.25, 0.3) is 0 Å². The predicted molar refractivity (Wildman–Crippen MR) is 93.2 cm³/mol. The molecule has 0 radical (unpaired) electrons. The molecule has 2 rings (SSSR count). The van der Waals surface area contributed by atoms with E-state index in [1.165, 1.54) is 0 Å². The summed E-state index contributed by atoms with van der Waals surface area (Å²) in [6.45, 7) is 4.34. The Kier molecular flexibility index (Phi) is 6.10. The fourth-order valence-electron chi connectivity index (χ4n) is 3.44. The maximum Gasteiger partial charge on any atom is 0.127 e. The second kappa shape index (κ2) is 8.06. The zero-order valence-corrected chi connectivity index (χ0v) is 14.2. The first-order valence-corrected chi connectivity index (χ1v) is 8.69. The molecule has 0 saturated heterocycles. The Balaban J connectivity index is 2.36. The van der Waals surface area contributed by atoms with E-state index >= 15 is 0 Å². The van der Waals surface area contributed by atoms with E-state index < -0.39 is 0 Å². The third-order valence-electron chi connectivity index (χ3n) is 4.74. The first kappa shape index (κ1) is 17.4. The minimum Gasteiger partial charge on any atom is -0.507 e. The van der Waals surface area contributed by atoms with Gasteiger partial charge in [0.15, 0.2) is 0 Å². The molecule has 1 atom stereocenters. The minimum absolute atomic E-state index is 0.149. The van der Waals surface area contributed by atoms with Gasteiger partial charge in [0, 0.05) is 0 Å². The third-order valence-corrected chi connectivity index (χ3v) is 4.74. The molecule has 1 unspecified atom stereocenters. The summed E-state index contributed by atoms with van der Waals surface area (Å²) >= 11 is 0. The van der Waals surface area contributed by atoms with Gasteiger partial charge in [-0.15, -0.1) is 0 Å². The standard InChI is InChI=1S/C20H27NO2/c1-3-4-5-6-15-12-18(22)20(19(23)13-15)17-11-14(2)7-8-16(17)9-10-21/h12-14,22-23H,3-9,11H2,1-2H3. The second-order valence-electron chi connectivity index (χ2n) is 6.73. The highest BCUT2D eigenvalue weighted by atomic mass is 16.3. The van der Waals surface area contributed by atoms with Crippen LogP contribution in [0.2, 0.25) is 0 Å². The molecule has 0 saturated carbocycles. The maximum atomic E-state index is 10.5. The summed E-state index contributed by atoms with van der Waals surface area (Å²) in [7, 11) is 0. The van der Waals surface area contributed by atoms with Crippen molar-refractivity contribution in [1.82, 2.24) is 0 Å². The molecule has 0 aromatic heterocycles. The number of benzene rings is 1. The molecular formula is C20H27NO2. The van der Waals surface area contributed by atoms with Crippen molar-refractivity contribution in [3.05, 3.63) is 28.8 Å². The lowest BCUT2D eigenvalue weighted by molar-refractivity contribution is 0.442. The zero-order valence-electron chi connectivity index (χ0n) is 14.2. The van der Waals surface area contributed by atoms with Crippen LogP contribution in [0.3, 0.4) is 0 Å². The number of nitriles is 1. The van der Waals surface area contributed by atoms with Gasteiger partial charge in [0.1, 0.15) is 11.5 Å². The summed E-state index contributed by atoms with van der Waals surface area (Å²) in [5, 5.41) is 30.0. The third kappa shape index (κ3) is 4.28. The van der Waals surface area contributed by atoms with Crippen molar-refractivity contribution in [1.29, 1.82) is 5.26 Å². The number of allylic oxidation sites excluding steroid dienone is 2. The van der Waals surface area contributed by atoms with Gasteiger partial charge in [-0.3, -0.25) is 0 Å². The fourth-order valence-corrected chi connectivity index (χ4v) is 3.44. The van der Waals surface area contributed by atoms with Crippen molar-refractivity contribution < 1.29 is 10.2 Å². The number of hydrogen-bond acceptors (Lipinski definition) is 3. The summed E-state index contributed by atoms with van der Waals surface area (Å²) in [5.41, 5.74) is 3.56. The molecule has 1 aromatic carbocycles. The number of nitrogens with zero attached hydrogens (tertiary/aromatic N) is 1. The Labute approximate surface area is 139 Å². The van der Waals surface area contributed by atoms with E-state index in [1.807, 2.05) is 0 Å². The molecule has 0 fully saturated rings. The maximum absolute atomic E-state index is 10.5. The summed E-state index contributed by atoms with van der Waals surface area (Å²) in [5.74, 6) is 0.808. The number of phenolic OH excluding ortho intramolecular Hbond substituents is 2. The van der Waals surface area contributed by atoms with Crippen LogP contribution < -0.4 is 0 Å². The molecule has 1 aromatic rings. The van der Waals surface area contributed by atoms with Gasteiger partial charge in [-0.1, -0.05) is 32.3 Å². The van der Waals surface area contributed by atoms with Crippen LogP contribution in [0.15, 0.2) is 17.7 Å². The largest absolute Gasteiger partial charge is 0.507 e. The first-order valence-electron chi connectivity index (χ1n) is 8.69. The lowest BCUT2D eigenvalue weighted by Crippen LogP contribution is -2.08. The molecule has 3 nitrogen and oxygen atoms in total. The monoisotopic (exact) mass is 313 g/mol. The molecule has 0 heterocycles. The SMILES string of the molecule is CCCCCc1cc(O)c(C2=C(CC#N)CCC(C)C2)c(O)c1. The molecule has 0 spiro atoms. The highest BCUT2D eigenvalue weighted by molar-refractivity contribution is 5.78. The van der Waals surface area contributed by atoms with E-state index in [1.54, 1.807) is 12.1 Å². The Morgan fingerprint density at radius 2 is 1.91 bits per heavy atom. The molecule has 124 valence electrons. The van der Waals surface area contributed by atoms with Crippen LogP contribution in [0.4, 0.5) is 0 Å². The van der Waals surface area contributed by atoms with Crippen LogP contribution in [0.25, 0.3) is 5.57 Å². The van der Waals surface area contributed by atoms with E-state index in [4.69, 9.17) is 5.26 Å². The normalized spacial score (nSPS) is 18.0. The van der Waals surface area contributed by atoms with Crippen molar-refractivity contribution in [3.63, 3.8) is 0 Å². The molecule has 2 N–H and O–H groups in total. The number of rotatable bonds is 6. The topological polar surface area (TPSA) is 64.2 Å². The molecule has 0 aliphatic heterocycles. The van der Waals surface area contributed by atoms with Gasteiger partial charge in [-0.2, -0.15) is 5.26 Å². The lowest BCUT2D eigenvalue weighted by Gasteiger charge is -2.25. The summed E-state index contributed by atoms with van der Waals surface area (Å²) < 4.78 is 0. The minimum atomic E-state index is 0.149. The molecule has 23 heavy (non-hydrogen) atoms. The Morgan fingerprint density at radius 1 is 1.22 bits per heavy atom. The van der Waals surface area contributed by atoms with Crippen molar-refractivity contribution >= 4 is 5.57 Å². The van der Waals surface area contributed by atoms with E-state index in [2.05, 4.69) is 19.9 Å². The number of unbranched alkanes of at least 4 members (excludes halogenated alkanes) is 2. The van der Waals surface area contributed by atoms with E-state index in [0.29, 0.717) is 17.9 Å². The van der Waals surface area contributed by atoms with E-state index in [0.717, 1.165) is 61.7 Å². The number of aryl methyl sites for hydroxylation is 1. The summed E-state index contributed by atoms with van der Waals surface area (Å²) in [4.78, 5) is 0. The Morgan fingerprint density at radius 3 is 2.52 bits per heavy atom. The van der Waals surface area contributed by atoms with Gasteiger partial charge >= 0.3 is 0 Å². The first-order chi connectivity index (χ1) is 11.1. The summed E-state index contributed by atoms with van der Waals surface area (Å²) in [6, 6.07) is 5.77. The fraction of sp³-hybridized carbons (Fsp3) is 0.550. The van der Waals surface area contributed by atoms with E-state index in [9.17, 15) is 10.2 Å². The molecule has 1 aliphatic rings. The van der Waals surface area contributed by atoms with Gasteiger partial charge in [-0.25, -0.2) is 0 Å². The number of aromatic hydroxyl groups is 2. The van der Waals surface area contributed by atoms with Crippen LogP contribution in [0.5, 0.6) is 11.5 Å². The molecule has 1 aliphatic carbocycles. The Bertz CT molecular complexity index is 602. The molecule has 0 bridgehead atoms. The molecular weight excluding hydrogens is 286 g/mol. The van der Waals surface area contributed by atoms with Gasteiger partial charge < -0.3 is 10.2 Å². The van der Waals surface area contributed by atoms with Gasteiger partial charge in [0.05, 0.1) is 18.1 Å². The molecule has 0 amide bonds. The van der Waals surface area contributed by atoms with Crippen molar-refractivity contribution in [2.75, 3.05) is 0 Å². The molecule has 3 heteroatoms. The van der Waals surface area contributed by atoms with Gasteiger partial charge in [0.2, 0.25) is 0 Å². The lowest BCUT2D eigenvalue weighted by atomic mass is 9.80. The second-order valence-corrected chi connectivity index (χ2v) is 6.73. The Hall–Kier alpha value is -1.95. The highest BCUT2D eigenvalue weighted by Crippen LogP contribution is 2.44. The number of phenols is 2. The average molecular weight is 313 g/mol. The average Bonchev–Trinajstić information content (AvgIpc) is 2.49. The van der Waals surface area contributed by atoms with Crippen molar-refractivity contribution in [2.24, 2.45) is 5.92 Å². The van der Waals surface area contributed by atoms with Crippen molar-refractivity contribution in [3.8, 4) is 17.6 Å². The number of hydrogen-bond donors (Lipinski definition) is 2. The van der Waals surface area contributed by atoms with Crippen LogP contribution in [-0.4, -0.2) is 10.2 Å². The van der Waals surface area contributed by atoms with Crippen molar-refractivity contribution in [2.45, 2.75) is 65.2 Å². The van der Waals surface area contributed by atoms with E-state index in [-0.39, 0.29) is 11.5 Å². The zero-order chi connectivity index (χ0) is 16.8. The highest BCUT2D eigenvalue weighted by Gasteiger charge is 2.23. The quantitative estimate of drug-likeness (QED) is 0.699. The van der Waals surface area contributed by atoms with Gasteiger partial charge in [-0.05, 0) is 61.3 Å². The predicted octanol–water partition coefficient (Wildman–Crippen LogP) is 5.32. The van der Waals surface area contributed by atoms with Crippen LogP contribution in [0.1, 0.15) is 69.9 Å². The van der Waals surface area contributed by atoms with Crippen LogP contribution in [-0.2, 0) is 6.42 Å². The van der Waals surface area contributed by atoms with Crippen LogP contribution >= 0.6 is 0 Å².